The quantitative estimate of drug-likeness (QED) is 0.143. The van der Waals surface area contributed by atoms with Crippen molar-refractivity contribution in [3.63, 3.8) is 0 Å². The van der Waals surface area contributed by atoms with Crippen molar-refractivity contribution >= 4 is 96.1 Å². The lowest BCUT2D eigenvalue weighted by molar-refractivity contribution is -0.113. The van der Waals surface area contributed by atoms with E-state index in [0.717, 1.165) is 24.9 Å². The molecule has 0 unspecified atom stereocenters. The second-order valence-electron chi connectivity index (χ2n) is 7.18. The molecule has 0 radical (unpaired) electrons. The average molecular weight is 687 g/mol. The van der Waals surface area contributed by atoms with Gasteiger partial charge in [-0.05, 0) is 89.2 Å². The number of thiocarbonyl (C=S) groups is 1. The number of thioether (sulfide) groups is 1. The van der Waals surface area contributed by atoms with Crippen LogP contribution >= 0.6 is 74.1 Å². The van der Waals surface area contributed by atoms with Gasteiger partial charge in [0.25, 0.3) is 5.91 Å². The molecular formula is C25H18BrClINO3S2. The van der Waals surface area contributed by atoms with Crippen LogP contribution in [0.1, 0.15) is 18.1 Å². The molecule has 0 bridgehead atoms. The van der Waals surface area contributed by atoms with Crippen molar-refractivity contribution < 1.29 is 14.3 Å². The molecule has 3 aromatic carbocycles. The standard InChI is InChI=1S/C25H18BrClINO3S2/c1-2-31-21-11-16(10-20(28)23(21)32-14-15-6-8-18(27)9-7-15)12-22-24(30)29(25(33)34-22)19-5-3-4-17(26)13-19/h3-13H,2,14H2,1H3/b22-12+. The molecule has 1 aliphatic heterocycles. The fraction of sp³-hybridized carbons (Fsp3) is 0.120. The van der Waals surface area contributed by atoms with Gasteiger partial charge in [0.1, 0.15) is 6.61 Å². The van der Waals surface area contributed by atoms with Crippen LogP contribution in [0.2, 0.25) is 5.02 Å². The van der Waals surface area contributed by atoms with Crippen LogP contribution in [0.4, 0.5) is 5.69 Å². The van der Waals surface area contributed by atoms with Gasteiger partial charge in [-0.25, -0.2) is 0 Å². The minimum absolute atomic E-state index is 0.149. The van der Waals surface area contributed by atoms with Crippen LogP contribution in [-0.4, -0.2) is 16.8 Å². The SMILES string of the molecule is CCOc1cc(/C=C2/SC(=S)N(c3cccc(Br)c3)C2=O)cc(I)c1OCc1ccc(Cl)cc1. The number of ether oxygens (including phenoxy) is 2. The first-order chi connectivity index (χ1) is 16.4. The zero-order chi connectivity index (χ0) is 24.2. The summed E-state index contributed by atoms with van der Waals surface area (Å²) in [6.45, 7) is 2.80. The van der Waals surface area contributed by atoms with Crippen LogP contribution in [0.25, 0.3) is 6.08 Å². The third kappa shape index (κ3) is 5.96. The molecule has 0 atom stereocenters. The van der Waals surface area contributed by atoms with E-state index in [1.54, 1.807) is 4.90 Å². The Hall–Kier alpha value is -1.59. The van der Waals surface area contributed by atoms with Gasteiger partial charge >= 0.3 is 0 Å². The monoisotopic (exact) mass is 685 g/mol. The first-order valence-electron chi connectivity index (χ1n) is 10.2. The van der Waals surface area contributed by atoms with Crippen molar-refractivity contribution in [1.82, 2.24) is 0 Å². The predicted molar refractivity (Wildman–Crippen MR) is 156 cm³/mol. The number of carbonyl (C=O) groups is 1. The Morgan fingerprint density at radius 2 is 1.91 bits per heavy atom. The minimum Gasteiger partial charge on any atom is -0.490 e. The molecule has 0 spiro atoms. The Labute approximate surface area is 234 Å². The van der Waals surface area contributed by atoms with E-state index in [0.29, 0.717) is 39.0 Å². The van der Waals surface area contributed by atoms with Gasteiger partial charge in [-0.15, -0.1) is 0 Å². The first kappa shape index (κ1) is 25.5. The fourth-order valence-electron chi connectivity index (χ4n) is 3.27. The van der Waals surface area contributed by atoms with Gasteiger partial charge in [0.2, 0.25) is 0 Å². The van der Waals surface area contributed by atoms with Gasteiger partial charge < -0.3 is 9.47 Å². The first-order valence-corrected chi connectivity index (χ1v) is 13.7. The third-order valence-corrected chi connectivity index (χ3v) is 7.63. The smallest absolute Gasteiger partial charge is 0.270 e. The molecule has 1 aliphatic rings. The molecule has 1 fully saturated rings. The zero-order valence-corrected chi connectivity index (χ0v) is 24.0. The van der Waals surface area contributed by atoms with Crippen LogP contribution in [-0.2, 0) is 11.4 Å². The highest BCUT2D eigenvalue weighted by Crippen LogP contribution is 2.39. The van der Waals surface area contributed by atoms with E-state index in [2.05, 4.69) is 38.5 Å². The summed E-state index contributed by atoms with van der Waals surface area (Å²) in [6, 6.07) is 18.9. The van der Waals surface area contributed by atoms with Crippen molar-refractivity contribution in [2.24, 2.45) is 0 Å². The third-order valence-electron chi connectivity index (χ3n) is 4.79. The predicted octanol–water partition coefficient (Wildman–Crippen LogP) is 8.09. The molecule has 9 heteroatoms. The molecule has 174 valence electrons. The van der Waals surface area contributed by atoms with Crippen molar-refractivity contribution in [2.45, 2.75) is 13.5 Å². The average Bonchev–Trinajstić information content (AvgIpc) is 3.07. The molecule has 4 rings (SSSR count). The second-order valence-corrected chi connectivity index (χ2v) is 11.4. The van der Waals surface area contributed by atoms with Crippen LogP contribution in [0.5, 0.6) is 11.5 Å². The summed E-state index contributed by atoms with van der Waals surface area (Å²) in [6.07, 6.45) is 1.84. The maximum Gasteiger partial charge on any atom is 0.270 e. The molecule has 0 aliphatic carbocycles. The number of carbonyl (C=O) groups excluding carboxylic acids is 1. The number of hydrogen-bond donors (Lipinski definition) is 0. The van der Waals surface area contributed by atoms with Crippen molar-refractivity contribution in [1.29, 1.82) is 0 Å². The molecule has 3 aromatic rings. The van der Waals surface area contributed by atoms with Gasteiger partial charge in [0.05, 0.1) is 20.8 Å². The fourth-order valence-corrected chi connectivity index (χ4v) is 5.86. The number of hydrogen-bond acceptors (Lipinski definition) is 5. The Balaban J connectivity index is 1.60. The summed E-state index contributed by atoms with van der Waals surface area (Å²) in [4.78, 5) is 15.2. The van der Waals surface area contributed by atoms with E-state index in [1.807, 2.05) is 73.7 Å². The Bertz CT molecular complexity index is 1280. The van der Waals surface area contributed by atoms with Crippen LogP contribution in [0.15, 0.2) is 70.0 Å². The minimum atomic E-state index is -0.149. The number of rotatable bonds is 7. The second kappa shape index (κ2) is 11.4. The molecule has 0 N–H and O–H groups in total. The summed E-state index contributed by atoms with van der Waals surface area (Å²) in [5.41, 5.74) is 2.57. The van der Waals surface area contributed by atoms with Crippen LogP contribution in [0.3, 0.4) is 0 Å². The zero-order valence-electron chi connectivity index (χ0n) is 17.9. The molecule has 0 aromatic heterocycles. The van der Waals surface area contributed by atoms with E-state index in [9.17, 15) is 4.79 Å². The number of amides is 1. The van der Waals surface area contributed by atoms with E-state index < -0.39 is 0 Å². The largest absolute Gasteiger partial charge is 0.490 e. The van der Waals surface area contributed by atoms with Crippen molar-refractivity contribution in [3.8, 4) is 11.5 Å². The normalized spacial score (nSPS) is 14.7. The molecule has 1 saturated heterocycles. The van der Waals surface area contributed by atoms with Crippen LogP contribution in [0, 0.1) is 3.57 Å². The van der Waals surface area contributed by atoms with E-state index in [-0.39, 0.29) is 5.91 Å². The highest BCUT2D eigenvalue weighted by atomic mass is 127. The Morgan fingerprint density at radius 3 is 2.62 bits per heavy atom. The van der Waals surface area contributed by atoms with Gasteiger partial charge in [-0.1, -0.05) is 69.7 Å². The van der Waals surface area contributed by atoms with E-state index >= 15 is 0 Å². The summed E-state index contributed by atoms with van der Waals surface area (Å²) in [7, 11) is 0. The van der Waals surface area contributed by atoms with Crippen molar-refractivity contribution in [2.75, 3.05) is 11.5 Å². The Kier molecular flexibility index (Phi) is 8.57. The lowest BCUT2D eigenvalue weighted by Crippen LogP contribution is -2.27. The van der Waals surface area contributed by atoms with E-state index in [4.69, 9.17) is 33.3 Å². The number of nitrogens with zero attached hydrogens (tertiary/aromatic N) is 1. The van der Waals surface area contributed by atoms with Gasteiger partial charge in [-0.2, -0.15) is 0 Å². The molecular weight excluding hydrogens is 669 g/mol. The molecule has 4 nitrogen and oxygen atoms in total. The van der Waals surface area contributed by atoms with Gasteiger partial charge in [0, 0.05) is 9.50 Å². The van der Waals surface area contributed by atoms with Gasteiger partial charge in [0.15, 0.2) is 15.8 Å². The highest BCUT2D eigenvalue weighted by molar-refractivity contribution is 14.1. The van der Waals surface area contributed by atoms with Crippen LogP contribution < -0.4 is 14.4 Å². The molecule has 34 heavy (non-hydrogen) atoms. The summed E-state index contributed by atoms with van der Waals surface area (Å²) >= 11 is 18.4. The number of anilines is 1. The Morgan fingerprint density at radius 1 is 1.15 bits per heavy atom. The summed E-state index contributed by atoms with van der Waals surface area (Å²) in [5.74, 6) is 1.14. The summed E-state index contributed by atoms with van der Waals surface area (Å²) < 4.78 is 14.2. The lowest BCUT2D eigenvalue weighted by atomic mass is 10.1. The van der Waals surface area contributed by atoms with Gasteiger partial charge in [-0.3, -0.25) is 9.69 Å². The van der Waals surface area contributed by atoms with Crippen molar-refractivity contribution in [3.05, 3.63) is 89.8 Å². The molecule has 0 saturated carbocycles. The maximum atomic E-state index is 13.1. The molecule has 1 heterocycles. The lowest BCUT2D eigenvalue weighted by Gasteiger charge is -2.15. The van der Waals surface area contributed by atoms with E-state index in [1.165, 1.54) is 11.8 Å². The maximum absolute atomic E-state index is 13.1. The number of benzene rings is 3. The number of halogens is 3. The molecule has 1 amide bonds. The topological polar surface area (TPSA) is 38.8 Å². The highest BCUT2D eigenvalue weighted by Gasteiger charge is 2.33. The summed E-state index contributed by atoms with van der Waals surface area (Å²) in [5, 5.41) is 0.683.